The van der Waals surface area contributed by atoms with Gasteiger partial charge in [-0.3, -0.25) is 10.2 Å². The zero-order valence-corrected chi connectivity index (χ0v) is 10.9. The van der Waals surface area contributed by atoms with E-state index in [0.717, 1.165) is 18.5 Å². The summed E-state index contributed by atoms with van der Waals surface area (Å²) >= 11 is 0. The largest absolute Gasteiger partial charge is 0.288 e. The van der Waals surface area contributed by atoms with Gasteiger partial charge in [0.2, 0.25) is 0 Å². The van der Waals surface area contributed by atoms with Crippen LogP contribution in [0.3, 0.4) is 0 Å². The number of unbranched alkanes of at least 4 members (excludes halogenated alkanes) is 5. The number of carbonyl (C=O) groups excluding carboxylic acids is 1. The summed E-state index contributed by atoms with van der Waals surface area (Å²) < 4.78 is 0. The first-order valence-corrected chi connectivity index (χ1v) is 6.38. The fraction of sp³-hybridized carbons (Fsp3) is 0.769. The molecule has 0 aliphatic heterocycles. The molecule has 0 rings (SSSR count). The lowest BCUT2D eigenvalue weighted by Gasteiger charge is -2.06. The van der Waals surface area contributed by atoms with Crippen LogP contribution in [-0.4, -0.2) is 12.5 Å². The fourth-order valence-corrected chi connectivity index (χ4v) is 1.37. The molecule has 0 aromatic heterocycles. The molecule has 0 aromatic rings. The third-order valence-electron chi connectivity index (χ3n) is 2.65. The molecule has 0 fully saturated rings. The molecule has 0 radical (unpaired) electrons. The second-order valence-corrected chi connectivity index (χ2v) is 4.12. The van der Waals surface area contributed by atoms with Crippen molar-refractivity contribution in [1.29, 1.82) is 0 Å². The number of hydrogen-bond acceptors (Lipinski definition) is 2. The van der Waals surface area contributed by atoms with Crippen LogP contribution in [-0.2, 0) is 4.79 Å². The van der Waals surface area contributed by atoms with Crippen molar-refractivity contribution >= 4 is 5.91 Å². The normalized spacial score (nSPS) is 11.6. The highest BCUT2D eigenvalue weighted by Crippen LogP contribution is 2.03. The maximum atomic E-state index is 11.3. The maximum Gasteiger partial charge on any atom is 0.260 e. The second-order valence-electron chi connectivity index (χ2n) is 4.12. The Kier molecular flexibility index (Phi) is 10.1. The molecule has 0 aliphatic rings. The third-order valence-corrected chi connectivity index (χ3v) is 2.65. The molecule has 2 N–H and O–H groups in total. The van der Waals surface area contributed by atoms with Crippen molar-refractivity contribution in [2.75, 3.05) is 6.54 Å². The Balaban J connectivity index is 3.24. The monoisotopic (exact) mass is 226 g/mol. The lowest BCUT2D eigenvalue weighted by Crippen LogP contribution is -2.38. The molecule has 0 spiro atoms. The molecule has 0 heterocycles. The highest BCUT2D eigenvalue weighted by atomic mass is 16.2. The summed E-state index contributed by atoms with van der Waals surface area (Å²) in [5.41, 5.74) is 6.37. The number of carbonyl (C=O) groups is 1. The van der Waals surface area contributed by atoms with Crippen LogP contribution in [0.4, 0.5) is 0 Å². The summed E-state index contributed by atoms with van der Waals surface area (Å²) in [6, 6.07) is 0. The summed E-state index contributed by atoms with van der Waals surface area (Å²) in [5, 5.41) is 0. The highest BCUT2D eigenvalue weighted by molar-refractivity contribution is 5.92. The minimum atomic E-state index is -0.0338. The Hall–Kier alpha value is -0.830. The average Bonchev–Trinajstić information content (AvgIpc) is 2.31. The summed E-state index contributed by atoms with van der Waals surface area (Å²) in [6.07, 6.45) is 9.44. The maximum absolute atomic E-state index is 11.3. The van der Waals surface area contributed by atoms with Crippen LogP contribution in [0.25, 0.3) is 0 Å². The van der Waals surface area contributed by atoms with Gasteiger partial charge in [0.05, 0.1) is 0 Å². The summed E-state index contributed by atoms with van der Waals surface area (Å²) in [4.78, 5) is 11.3. The molecule has 0 saturated heterocycles. The van der Waals surface area contributed by atoms with Gasteiger partial charge >= 0.3 is 0 Å². The van der Waals surface area contributed by atoms with Crippen LogP contribution >= 0.6 is 0 Å². The van der Waals surface area contributed by atoms with Crippen molar-refractivity contribution in [1.82, 2.24) is 10.9 Å². The first-order valence-electron chi connectivity index (χ1n) is 6.38. The number of amides is 1. The lowest BCUT2D eigenvalue weighted by molar-refractivity contribution is -0.118. The Bertz CT molecular complexity index is 212. The smallest absolute Gasteiger partial charge is 0.260 e. The van der Waals surface area contributed by atoms with Crippen molar-refractivity contribution in [3.05, 3.63) is 11.6 Å². The van der Waals surface area contributed by atoms with E-state index in [4.69, 9.17) is 0 Å². The van der Waals surface area contributed by atoms with Crippen LogP contribution in [0, 0.1) is 0 Å². The zero-order valence-electron chi connectivity index (χ0n) is 10.9. The zero-order chi connectivity index (χ0) is 12.2. The number of hydrogen-bond donors (Lipinski definition) is 2. The van der Waals surface area contributed by atoms with Gasteiger partial charge in [-0.1, -0.05) is 45.1 Å². The van der Waals surface area contributed by atoms with E-state index < -0.39 is 0 Å². The number of nitrogens with one attached hydrogen (secondary N) is 2. The van der Waals surface area contributed by atoms with Gasteiger partial charge in [0.15, 0.2) is 0 Å². The van der Waals surface area contributed by atoms with E-state index in [9.17, 15) is 4.79 Å². The SMILES string of the molecule is C/C=C(\C)C(=O)NNCCCCCCCC. The first kappa shape index (κ1) is 15.2. The molecule has 94 valence electrons. The average molecular weight is 226 g/mol. The fourth-order valence-electron chi connectivity index (χ4n) is 1.37. The Labute approximate surface area is 99.7 Å². The Morgan fingerprint density at radius 2 is 1.75 bits per heavy atom. The van der Waals surface area contributed by atoms with Gasteiger partial charge in [0, 0.05) is 12.1 Å². The van der Waals surface area contributed by atoms with Crippen molar-refractivity contribution in [3.8, 4) is 0 Å². The van der Waals surface area contributed by atoms with Crippen LogP contribution in [0.5, 0.6) is 0 Å². The van der Waals surface area contributed by atoms with Gasteiger partial charge in [0.1, 0.15) is 0 Å². The van der Waals surface area contributed by atoms with Gasteiger partial charge in [-0.15, -0.1) is 0 Å². The van der Waals surface area contributed by atoms with Gasteiger partial charge in [-0.05, 0) is 20.3 Å². The topological polar surface area (TPSA) is 41.1 Å². The molecule has 0 bridgehead atoms. The predicted octanol–water partition coefficient (Wildman–Crippen LogP) is 2.93. The molecule has 1 amide bonds. The first-order chi connectivity index (χ1) is 7.72. The molecular weight excluding hydrogens is 200 g/mol. The lowest BCUT2D eigenvalue weighted by atomic mass is 10.1. The second kappa shape index (κ2) is 10.7. The van der Waals surface area contributed by atoms with Crippen LogP contribution in [0.1, 0.15) is 59.3 Å². The third kappa shape index (κ3) is 8.48. The Morgan fingerprint density at radius 3 is 2.38 bits per heavy atom. The minimum Gasteiger partial charge on any atom is -0.288 e. The van der Waals surface area contributed by atoms with E-state index in [1.807, 2.05) is 19.9 Å². The molecule has 0 unspecified atom stereocenters. The van der Waals surface area contributed by atoms with Crippen molar-refractivity contribution < 1.29 is 4.79 Å². The molecule has 3 nitrogen and oxygen atoms in total. The van der Waals surface area contributed by atoms with Gasteiger partial charge < -0.3 is 0 Å². The van der Waals surface area contributed by atoms with E-state index in [0.29, 0.717) is 0 Å². The summed E-state index contributed by atoms with van der Waals surface area (Å²) in [5.74, 6) is -0.0338. The van der Waals surface area contributed by atoms with E-state index in [1.54, 1.807) is 0 Å². The molecule has 3 heteroatoms. The Morgan fingerprint density at radius 1 is 1.12 bits per heavy atom. The van der Waals surface area contributed by atoms with E-state index >= 15 is 0 Å². The van der Waals surface area contributed by atoms with Crippen LogP contribution in [0.2, 0.25) is 0 Å². The van der Waals surface area contributed by atoms with Crippen LogP contribution < -0.4 is 10.9 Å². The number of hydrazine groups is 1. The van der Waals surface area contributed by atoms with Gasteiger partial charge in [0.25, 0.3) is 5.91 Å². The van der Waals surface area contributed by atoms with Crippen LogP contribution in [0.15, 0.2) is 11.6 Å². The van der Waals surface area contributed by atoms with E-state index in [2.05, 4.69) is 17.8 Å². The summed E-state index contributed by atoms with van der Waals surface area (Å²) in [7, 11) is 0. The highest BCUT2D eigenvalue weighted by Gasteiger charge is 2.00. The standard InChI is InChI=1S/C13H26N2O/c1-4-6-7-8-9-10-11-14-15-13(16)12(3)5-2/h5,14H,4,6-11H2,1-3H3,(H,15,16)/b12-5+. The molecule has 16 heavy (non-hydrogen) atoms. The molecular formula is C13H26N2O. The predicted molar refractivity (Wildman–Crippen MR) is 69.0 cm³/mol. The van der Waals surface area contributed by atoms with Gasteiger partial charge in [-0.25, -0.2) is 5.43 Å². The molecule has 0 aliphatic carbocycles. The quantitative estimate of drug-likeness (QED) is 0.360. The van der Waals surface area contributed by atoms with E-state index in [1.165, 1.54) is 32.1 Å². The van der Waals surface area contributed by atoms with Crippen molar-refractivity contribution in [3.63, 3.8) is 0 Å². The van der Waals surface area contributed by atoms with E-state index in [-0.39, 0.29) is 5.91 Å². The van der Waals surface area contributed by atoms with Gasteiger partial charge in [-0.2, -0.15) is 0 Å². The number of rotatable bonds is 9. The minimum absolute atomic E-state index is 0.0338. The van der Waals surface area contributed by atoms with Crippen molar-refractivity contribution in [2.24, 2.45) is 0 Å². The summed E-state index contributed by atoms with van der Waals surface area (Å²) in [6.45, 7) is 6.75. The number of allylic oxidation sites excluding steroid dienone is 1. The molecule has 0 atom stereocenters. The molecule has 0 saturated carbocycles. The van der Waals surface area contributed by atoms with Crippen molar-refractivity contribution in [2.45, 2.75) is 59.3 Å². The molecule has 0 aromatic carbocycles.